The summed E-state index contributed by atoms with van der Waals surface area (Å²) in [6, 6.07) is 16.0. The van der Waals surface area contributed by atoms with Crippen LogP contribution in [0.3, 0.4) is 0 Å². The molecule has 1 fully saturated rings. The molecule has 10 heteroatoms. The van der Waals surface area contributed by atoms with Gasteiger partial charge in [-0.1, -0.05) is 45.7 Å². The van der Waals surface area contributed by atoms with Crippen molar-refractivity contribution in [3.05, 3.63) is 92.4 Å². The number of halogens is 2. The Bertz CT molecular complexity index is 1470. The second-order valence-corrected chi connectivity index (χ2v) is 9.55. The van der Waals surface area contributed by atoms with Gasteiger partial charge in [-0.05, 0) is 73.5 Å². The van der Waals surface area contributed by atoms with Gasteiger partial charge < -0.3 is 10.1 Å². The summed E-state index contributed by atoms with van der Waals surface area (Å²) in [6.45, 7) is 3.42. The van der Waals surface area contributed by atoms with Crippen molar-refractivity contribution in [2.75, 3.05) is 16.8 Å². The molecule has 0 radical (unpaired) electrons. The summed E-state index contributed by atoms with van der Waals surface area (Å²) in [5.41, 5.74) is 2.75. The van der Waals surface area contributed by atoms with E-state index in [2.05, 4.69) is 26.6 Å². The number of hydrogen-bond donors (Lipinski definition) is 2. The summed E-state index contributed by atoms with van der Waals surface area (Å²) in [5.74, 6) is -1.82. The number of para-hydroxylation sites is 1. The normalized spacial score (nSPS) is 14.5. The zero-order valence-electron chi connectivity index (χ0n) is 19.8. The Balaban J connectivity index is 1.60. The summed E-state index contributed by atoms with van der Waals surface area (Å²) >= 11 is 9.45. The van der Waals surface area contributed by atoms with E-state index in [0.717, 1.165) is 16.0 Å². The summed E-state index contributed by atoms with van der Waals surface area (Å²) < 4.78 is 6.35. The molecular formula is C27H21BrClN3O5. The van der Waals surface area contributed by atoms with E-state index in [1.807, 2.05) is 13.8 Å². The first kappa shape index (κ1) is 26.1. The van der Waals surface area contributed by atoms with Crippen LogP contribution < -0.4 is 20.3 Å². The molecule has 188 valence electrons. The van der Waals surface area contributed by atoms with E-state index in [0.29, 0.717) is 26.4 Å². The fourth-order valence-corrected chi connectivity index (χ4v) is 4.13. The van der Waals surface area contributed by atoms with E-state index < -0.39 is 23.8 Å². The molecule has 3 aromatic carbocycles. The van der Waals surface area contributed by atoms with Gasteiger partial charge in [-0.15, -0.1) is 0 Å². The van der Waals surface area contributed by atoms with Gasteiger partial charge in [0, 0.05) is 10.0 Å². The van der Waals surface area contributed by atoms with Crippen molar-refractivity contribution in [1.82, 2.24) is 5.32 Å². The van der Waals surface area contributed by atoms with Crippen molar-refractivity contribution in [2.45, 2.75) is 13.8 Å². The van der Waals surface area contributed by atoms with Crippen LogP contribution in [0.5, 0.6) is 5.75 Å². The Kier molecular flexibility index (Phi) is 7.75. The first-order chi connectivity index (χ1) is 17.6. The van der Waals surface area contributed by atoms with Crippen LogP contribution in [0.4, 0.5) is 16.2 Å². The number of aryl methyl sites for hydroxylation is 2. The van der Waals surface area contributed by atoms with Gasteiger partial charge in [-0.3, -0.25) is 19.7 Å². The van der Waals surface area contributed by atoms with Gasteiger partial charge in [-0.2, -0.15) is 0 Å². The lowest BCUT2D eigenvalue weighted by molar-refractivity contribution is -0.122. The van der Waals surface area contributed by atoms with Crippen LogP contribution in [0.15, 0.2) is 70.7 Å². The average Bonchev–Trinajstić information content (AvgIpc) is 2.84. The van der Waals surface area contributed by atoms with Gasteiger partial charge in [0.2, 0.25) is 0 Å². The summed E-state index contributed by atoms with van der Waals surface area (Å²) in [5, 5.41) is 5.25. The van der Waals surface area contributed by atoms with Gasteiger partial charge in [0.1, 0.15) is 11.3 Å². The zero-order chi connectivity index (χ0) is 26.7. The molecule has 37 heavy (non-hydrogen) atoms. The molecule has 0 aromatic heterocycles. The number of urea groups is 1. The topological polar surface area (TPSA) is 105 Å². The summed E-state index contributed by atoms with van der Waals surface area (Å²) in [6.07, 6.45) is 1.32. The van der Waals surface area contributed by atoms with Gasteiger partial charge >= 0.3 is 6.03 Å². The molecule has 0 aliphatic carbocycles. The Morgan fingerprint density at radius 3 is 2.54 bits per heavy atom. The van der Waals surface area contributed by atoms with Crippen LogP contribution in [0.2, 0.25) is 5.02 Å². The molecule has 1 aliphatic rings. The monoisotopic (exact) mass is 581 g/mol. The number of amides is 5. The molecule has 0 spiro atoms. The van der Waals surface area contributed by atoms with Gasteiger partial charge in [-0.25, -0.2) is 9.69 Å². The molecule has 8 nitrogen and oxygen atoms in total. The van der Waals surface area contributed by atoms with E-state index in [-0.39, 0.29) is 17.9 Å². The predicted molar refractivity (Wildman–Crippen MR) is 145 cm³/mol. The van der Waals surface area contributed by atoms with Crippen LogP contribution in [-0.4, -0.2) is 30.4 Å². The van der Waals surface area contributed by atoms with Crippen molar-refractivity contribution in [2.24, 2.45) is 0 Å². The van der Waals surface area contributed by atoms with E-state index in [9.17, 15) is 19.2 Å². The molecule has 0 atom stereocenters. The fourth-order valence-electron chi connectivity index (χ4n) is 3.57. The van der Waals surface area contributed by atoms with E-state index in [4.69, 9.17) is 16.3 Å². The Hall–Kier alpha value is -3.95. The zero-order valence-corrected chi connectivity index (χ0v) is 22.1. The molecule has 0 saturated carbocycles. The average molecular weight is 583 g/mol. The van der Waals surface area contributed by atoms with Crippen molar-refractivity contribution in [3.63, 3.8) is 0 Å². The second-order valence-electron chi connectivity index (χ2n) is 8.23. The highest BCUT2D eigenvalue weighted by molar-refractivity contribution is 9.10. The van der Waals surface area contributed by atoms with Crippen molar-refractivity contribution >= 4 is 68.7 Å². The minimum absolute atomic E-state index is 0.250. The Morgan fingerprint density at radius 2 is 1.81 bits per heavy atom. The third-order valence-electron chi connectivity index (χ3n) is 5.63. The van der Waals surface area contributed by atoms with Gasteiger partial charge in [0.25, 0.3) is 17.7 Å². The smallest absolute Gasteiger partial charge is 0.335 e. The quantitative estimate of drug-likeness (QED) is 0.299. The minimum Gasteiger partial charge on any atom is -0.483 e. The van der Waals surface area contributed by atoms with Crippen LogP contribution in [0.25, 0.3) is 6.08 Å². The maximum Gasteiger partial charge on any atom is 0.335 e. The number of carbonyl (C=O) groups excluding carboxylic acids is 4. The molecule has 2 N–H and O–H groups in total. The third kappa shape index (κ3) is 5.90. The predicted octanol–water partition coefficient (Wildman–Crippen LogP) is 5.40. The van der Waals surface area contributed by atoms with Gasteiger partial charge in [0.05, 0.1) is 16.4 Å². The van der Waals surface area contributed by atoms with Crippen molar-refractivity contribution in [3.8, 4) is 5.75 Å². The minimum atomic E-state index is -0.836. The van der Waals surface area contributed by atoms with E-state index >= 15 is 0 Å². The number of barbiturate groups is 1. The third-order valence-corrected chi connectivity index (χ3v) is 6.45. The van der Waals surface area contributed by atoms with Crippen molar-refractivity contribution < 1.29 is 23.9 Å². The van der Waals surface area contributed by atoms with Crippen molar-refractivity contribution in [1.29, 1.82) is 0 Å². The largest absolute Gasteiger partial charge is 0.483 e. The molecule has 4 rings (SSSR count). The number of imide groups is 2. The van der Waals surface area contributed by atoms with Crippen LogP contribution in [-0.2, 0) is 14.4 Å². The molecule has 1 heterocycles. The van der Waals surface area contributed by atoms with Crippen LogP contribution in [0, 0.1) is 13.8 Å². The number of rotatable bonds is 6. The fraction of sp³-hybridized carbons (Fsp3) is 0.111. The standard InChI is InChI=1S/C27H21BrClN3O5/c1-15-7-9-19(11-16(15)2)32-26(35)20(25(34)31-27(32)36)13-17-12-18(28)8-10-23(17)37-14-24(33)30-22-6-4-3-5-21(22)29/h3-13H,14H2,1-2H3,(H,30,33)(H,31,34,36)/b20-13-. The highest BCUT2D eigenvalue weighted by Gasteiger charge is 2.37. The lowest BCUT2D eigenvalue weighted by Crippen LogP contribution is -2.54. The lowest BCUT2D eigenvalue weighted by Gasteiger charge is -2.27. The van der Waals surface area contributed by atoms with E-state index in [1.165, 1.54) is 6.08 Å². The first-order valence-electron chi connectivity index (χ1n) is 11.1. The molecule has 3 aromatic rings. The number of hydrogen-bond acceptors (Lipinski definition) is 5. The number of benzene rings is 3. The van der Waals surface area contributed by atoms with Crippen LogP contribution in [0.1, 0.15) is 16.7 Å². The maximum atomic E-state index is 13.3. The molecular weight excluding hydrogens is 562 g/mol. The highest BCUT2D eigenvalue weighted by atomic mass is 79.9. The number of anilines is 2. The lowest BCUT2D eigenvalue weighted by atomic mass is 10.0. The second kappa shape index (κ2) is 11.0. The Morgan fingerprint density at radius 1 is 1.05 bits per heavy atom. The number of ether oxygens (including phenoxy) is 1. The number of nitrogens with zero attached hydrogens (tertiary/aromatic N) is 1. The van der Waals surface area contributed by atoms with Gasteiger partial charge in [0.15, 0.2) is 6.61 Å². The summed E-state index contributed by atoms with van der Waals surface area (Å²) in [4.78, 5) is 51.8. The molecule has 0 unspecified atom stereocenters. The SMILES string of the molecule is Cc1ccc(N2C(=O)NC(=O)/C(=C/c3cc(Br)ccc3OCC(=O)Nc3ccccc3Cl)C2=O)cc1C. The van der Waals surface area contributed by atoms with Crippen LogP contribution >= 0.6 is 27.5 Å². The summed E-state index contributed by atoms with van der Waals surface area (Å²) in [7, 11) is 0. The first-order valence-corrected chi connectivity index (χ1v) is 12.3. The molecule has 1 saturated heterocycles. The Labute approximate surface area is 226 Å². The molecule has 0 bridgehead atoms. The molecule has 5 amide bonds. The number of carbonyl (C=O) groups is 4. The van der Waals surface area contributed by atoms with E-state index in [1.54, 1.807) is 60.7 Å². The number of nitrogens with one attached hydrogen (secondary N) is 2. The molecule has 1 aliphatic heterocycles. The highest BCUT2D eigenvalue weighted by Crippen LogP contribution is 2.29. The maximum absolute atomic E-state index is 13.3.